The molecule has 4 rings (SSSR count). The predicted octanol–water partition coefficient (Wildman–Crippen LogP) is 4.39. The van der Waals surface area contributed by atoms with E-state index in [0.717, 1.165) is 4.47 Å². The highest BCUT2D eigenvalue weighted by Crippen LogP contribution is 2.43. The number of aliphatic hydroxyl groups is 1. The smallest absolute Gasteiger partial charge is 0.301 e. The molecule has 1 saturated heterocycles. The monoisotopic (exact) mass is 498 g/mol. The second-order valence-electron chi connectivity index (χ2n) is 7.09. The van der Waals surface area contributed by atoms with Crippen LogP contribution in [0.15, 0.2) is 63.1 Å². The zero-order chi connectivity index (χ0) is 23.0. The second-order valence-corrected chi connectivity index (χ2v) is 8.01. The maximum Gasteiger partial charge on any atom is 0.301 e. The molecule has 1 aliphatic heterocycles. The van der Waals surface area contributed by atoms with Crippen molar-refractivity contribution in [2.45, 2.75) is 13.0 Å². The highest BCUT2D eigenvalue weighted by Gasteiger charge is 2.48. The van der Waals surface area contributed by atoms with Crippen molar-refractivity contribution in [2.24, 2.45) is 0 Å². The fraction of sp³-hybridized carbons (Fsp3) is 0.174. The lowest BCUT2D eigenvalue weighted by atomic mass is 9.95. The third-order valence-electron chi connectivity index (χ3n) is 5.13. The Hall–Kier alpha value is -3.59. The Kier molecular flexibility index (Phi) is 5.75. The molecule has 9 heteroatoms. The van der Waals surface area contributed by atoms with Gasteiger partial charge in [0.25, 0.3) is 5.78 Å². The van der Waals surface area contributed by atoms with E-state index in [1.807, 2.05) is 6.07 Å². The first kappa shape index (κ1) is 21.6. The van der Waals surface area contributed by atoms with E-state index in [2.05, 4.69) is 21.1 Å². The van der Waals surface area contributed by atoms with Crippen molar-refractivity contribution < 1.29 is 28.7 Å². The molecule has 32 heavy (non-hydrogen) atoms. The number of aliphatic hydroxyl groups excluding tert-OH is 1. The molecule has 1 unspecified atom stereocenters. The summed E-state index contributed by atoms with van der Waals surface area (Å²) in [6.45, 7) is 1.69. The average Bonchev–Trinajstić information content (AvgIpc) is 3.33. The number of ketones is 1. The quantitative estimate of drug-likeness (QED) is 0.316. The van der Waals surface area contributed by atoms with Gasteiger partial charge in [-0.15, -0.1) is 0 Å². The summed E-state index contributed by atoms with van der Waals surface area (Å²) in [5.41, 5.74) is 0.846. The number of Topliss-reactive ketones (excluding diaryl/α,β-unsaturated/α-hetero) is 1. The first-order valence-electron chi connectivity index (χ1n) is 9.58. The van der Waals surface area contributed by atoms with Gasteiger partial charge in [-0.3, -0.25) is 14.5 Å². The Labute approximate surface area is 192 Å². The molecule has 2 aromatic carbocycles. The van der Waals surface area contributed by atoms with Crippen molar-refractivity contribution >= 4 is 39.2 Å². The number of benzene rings is 2. The molecule has 164 valence electrons. The summed E-state index contributed by atoms with van der Waals surface area (Å²) in [6, 6.07) is 12.5. The van der Waals surface area contributed by atoms with Crippen molar-refractivity contribution in [1.82, 2.24) is 5.16 Å². The number of hydrogen-bond donors (Lipinski definition) is 1. The minimum Gasteiger partial charge on any atom is -0.507 e. The minimum absolute atomic E-state index is 0.0685. The maximum absolute atomic E-state index is 13.1. The van der Waals surface area contributed by atoms with E-state index in [4.69, 9.17) is 14.0 Å². The number of rotatable bonds is 5. The van der Waals surface area contributed by atoms with E-state index in [-0.39, 0.29) is 17.2 Å². The number of hydrogen-bond acceptors (Lipinski definition) is 7. The first-order chi connectivity index (χ1) is 15.3. The van der Waals surface area contributed by atoms with Gasteiger partial charge in [0, 0.05) is 16.1 Å². The SMILES string of the molecule is COc1ccc(/C(O)=C2/C(=O)C(=O)N(c3cc(C)on3)C2c2cccc(Br)c2)cc1OC. The summed E-state index contributed by atoms with van der Waals surface area (Å²) in [4.78, 5) is 27.4. The summed E-state index contributed by atoms with van der Waals surface area (Å²) in [5.74, 6) is -0.482. The van der Waals surface area contributed by atoms with Crippen LogP contribution in [-0.2, 0) is 9.59 Å². The second kappa shape index (κ2) is 8.51. The van der Waals surface area contributed by atoms with Gasteiger partial charge in [-0.25, -0.2) is 0 Å². The number of amides is 1. The highest BCUT2D eigenvalue weighted by atomic mass is 79.9. The molecular formula is C23H19BrN2O6. The van der Waals surface area contributed by atoms with Crippen LogP contribution in [0.5, 0.6) is 11.5 Å². The summed E-state index contributed by atoms with van der Waals surface area (Å²) in [6.07, 6.45) is 0. The molecule has 0 bridgehead atoms. The summed E-state index contributed by atoms with van der Waals surface area (Å²) in [7, 11) is 2.96. The van der Waals surface area contributed by atoms with Crippen LogP contribution in [-0.4, -0.2) is 36.2 Å². The van der Waals surface area contributed by atoms with E-state index in [1.54, 1.807) is 49.4 Å². The molecule has 1 aromatic heterocycles. The topological polar surface area (TPSA) is 102 Å². The fourth-order valence-electron chi connectivity index (χ4n) is 3.67. The molecule has 0 radical (unpaired) electrons. The molecular weight excluding hydrogens is 480 g/mol. The van der Waals surface area contributed by atoms with Crippen LogP contribution in [0, 0.1) is 6.92 Å². The van der Waals surface area contributed by atoms with Crippen molar-refractivity contribution in [2.75, 3.05) is 19.1 Å². The lowest BCUT2D eigenvalue weighted by molar-refractivity contribution is -0.132. The third kappa shape index (κ3) is 3.64. The van der Waals surface area contributed by atoms with Gasteiger partial charge in [-0.2, -0.15) is 0 Å². The van der Waals surface area contributed by atoms with Crippen LogP contribution in [0.3, 0.4) is 0 Å². The Morgan fingerprint density at radius 3 is 2.47 bits per heavy atom. The van der Waals surface area contributed by atoms with Crippen LogP contribution in [0.25, 0.3) is 5.76 Å². The van der Waals surface area contributed by atoms with Gasteiger partial charge in [0.2, 0.25) is 0 Å². The number of ether oxygens (including phenoxy) is 2. The van der Waals surface area contributed by atoms with Gasteiger partial charge in [-0.05, 0) is 42.8 Å². The van der Waals surface area contributed by atoms with Gasteiger partial charge >= 0.3 is 5.91 Å². The Bertz CT molecular complexity index is 1250. The van der Waals surface area contributed by atoms with Crippen LogP contribution in [0.1, 0.15) is 22.9 Å². The lowest BCUT2D eigenvalue weighted by Gasteiger charge is -2.23. The van der Waals surface area contributed by atoms with Gasteiger partial charge < -0.3 is 19.1 Å². The number of aryl methyl sites for hydroxylation is 1. The van der Waals surface area contributed by atoms with Crippen LogP contribution in [0.4, 0.5) is 5.82 Å². The van der Waals surface area contributed by atoms with Gasteiger partial charge in [-0.1, -0.05) is 33.2 Å². The van der Waals surface area contributed by atoms with E-state index >= 15 is 0 Å². The minimum atomic E-state index is -0.912. The fourth-order valence-corrected chi connectivity index (χ4v) is 4.08. The normalized spacial score (nSPS) is 17.6. The van der Waals surface area contributed by atoms with E-state index in [1.165, 1.54) is 19.1 Å². The van der Waals surface area contributed by atoms with Crippen LogP contribution >= 0.6 is 15.9 Å². The van der Waals surface area contributed by atoms with E-state index < -0.39 is 17.7 Å². The van der Waals surface area contributed by atoms with E-state index in [0.29, 0.717) is 28.4 Å². The predicted molar refractivity (Wildman–Crippen MR) is 120 cm³/mol. The molecule has 1 atom stereocenters. The van der Waals surface area contributed by atoms with Crippen molar-refractivity contribution in [3.63, 3.8) is 0 Å². The molecule has 0 spiro atoms. The standard InChI is InChI=1S/C23H19BrN2O6/c1-12-9-18(25-32-12)26-20(13-5-4-6-15(24)10-13)19(22(28)23(26)29)21(27)14-7-8-16(30-2)17(11-14)31-3/h4-11,20,27H,1-3H3/b21-19-. The Balaban J connectivity index is 1.94. The third-order valence-corrected chi connectivity index (χ3v) is 5.62. The Morgan fingerprint density at radius 2 is 1.84 bits per heavy atom. The molecule has 1 amide bonds. The van der Waals surface area contributed by atoms with Gasteiger partial charge in [0.05, 0.1) is 25.8 Å². The number of carbonyl (C=O) groups is 2. The van der Waals surface area contributed by atoms with Crippen LogP contribution in [0.2, 0.25) is 0 Å². The maximum atomic E-state index is 13.1. The number of halogens is 1. The summed E-state index contributed by atoms with van der Waals surface area (Å²) in [5, 5.41) is 15.1. The van der Waals surface area contributed by atoms with Crippen molar-refractivity contribution in [3.05, 3.63) is 75.5 Å². The molecule has 0 aliphatic carbocycles. The Morgan fingerprint density at radius 1 is 1.09 bits per heavy atom. The number of aromatic nitrogens is 1. The molecule has 2 heterocycles. The zero-order valence-corrected chi connectivity index (χ0v) is 19.0. The van der Waals surface area contributed by atoms with E-state index in [9.17, 15) is 14.7 Å². The number of methoxy groups -OCH3 is 2. The molecule has 3 aromatic rings. The first-order valence-corrected chi connectivity index (χ1v) is 10.4. The summed E-state index contributed by atoms with van der Waals surface area (Å²) >= 11 is 3.42. The molecule has 1 aliphatic rings. The summed E-state index contributed by atoms with van der Waals surface area (Å²) < 4.78 is 16.4. The number of carbonyl (C=O) groups excluding carboxylic acids is 2. The number of anilines is 1. The van der Waals surface area contributed by atoms with Gasteiger partial charge in [0.15, 0.2) is 17.3 Å². The van der Waals surface area contributed by atoms with Crippen molar-refractivity contribution in [3.8, 4) is 11.5 Å². The molecule has 1 N–H and O–H groups in total. The molecule has 8 nitrogen and oxygen atoms in total. The highest BCUT2D eigenvalue weighted by molar-refractivity contribution is 9.10. The van der Waals surface area contributed by atoms with Gasteiger partial charge in [0.1, 0.15) is 11.5 Å². The molecule has 1 fully saturated rings. The lowest BCUT2D eigenvalue weighted by Crippen LogP contribution is -2.29. The average molecular weight is 499 g/mol. The van der Waals surface area contributed by atoms with Crippen LogP contribution < -0.4 is 14.4 Å². The zero-order valence-electron chi connectivity index (χ0n) is 17.5. The largest absolute Gasteiger partial charge is 0.507 e. The van der Waals surface area contributed by atoms with Crippen molar-refractivity contribution in [1.29, 1.82) is 0 Å². The number of nitrogens with zero attached hydrogens (tertiary/aromatic N) is 2. The molecule has 0 saturated carbocycles.